The van der Waals surface area contributed by atoms with Crippen molar-refractivity contribution in [3.05, 3.63) is 11.3 Å². The standard InChI is InChI=1S/C10H15NO3/c1-6(5-14-8(3)13)9-4-10(11-9)7(2)12/h10-11H,4-5H2,1-3H3/b9-6-. The maximum Gasteiger partial charge on any atom is 0.302 e. The molecule has 1 atom stereocenters. The summed E-state index contributed by atoms with van der Waals surface area (Å²) in [5.41, 5.74) is 2.00. The molecule has 1 fully saturated rings. The normalized spacial score (nSPS) is 23.2. The Hall–Kier alpha value is -1.32. The molecule has 0 spiro atoms. The summed E-state index contributed by atoms with van der Waals surface area (Å²) in [5, 5.41) is 3.04. The van der Waals surface area contributed by atoms with Crippen LogP contribution >= 0.6 is 0 Å². The van der Waals surface area contributed by atoms with Crippen LogP contribution in [0.5, 0.6) is 0 Å². The van der Waals surface area contributed by atoms with E-state index in [4.69, 9.17) is 4.74 Å². The number of hydrogen-bond donors (Lipinski definition) is 1. The zero-order valence-corrected chi connectivity index (χ0v) is 8.72. The van der Waals surface area contributed by atoms with Gasteiger partial charge in [-0.1, -0.05) is 0 Å². The number of rotatable bonds is 3. The van der Waals surface area contributed by atoms with Gasteiger partial charge in [0.15, 0.2) is 5.78 Å². The minimum absolute atomic E-state index is 0.0442. The van der Waals surface area contributed by atoms with Gasteiger partial charge in [-0.05, 0) is 19.4 Å². The number of hydrogen-bond acceptors (Lipinski definition) is 4. The van der Waals surface area contributed by atoms with Crippen LogP contribution in [0.25, 0.3) is 0 Å². The zero-order chi connectivity index (χ0) is 10.7. The van der Waals surface area contributed by atoms with E-state index in [9.17, 15) is 9.59 Å². The van der Waals surface area contributed by atoms with Gasteiger partial charge >= 0.3 is 5.97 Å². The van der Waals surface area contributed by atoms with Crippen LogP contribution in [0.1, 0.15) is 27.2 Å². The highest BCUT2D eigenvalue weighted by Crippen LogP contribution is 2.20. The molecule has 78 valence electrons. The van der Waals surface area contributed by atoms with Gasteiger partial charge in [0.1, 0.15) is 6.61 Å². The molecule has 14 heavy (non-hydrogen) atoms. The van der Waals surface area contributed by atoms with Crippen molar-refractivity contribution >= 4 is 11.8 Å². The molecule has 0 radical (unpaired) electrons. The highest BCUT2D eigenvalue weighted by molar-refractivity contribution is 5.83. The van der Waals surface area contributed by atoms with E-state index in [-0.39, 0.29) is 17.8 Å². The molecule has 4 heteroatoms. The zero-order valence-electron chi connectivity index (χ0n) is 8.72. The van der Waals surface area contributed by atoms with E-state index in [0.717, 1.165) is 17.7 Å². The molecular weight excluding hydrogens is 182 g/mol. The van der Waals surface area contributed by atoms with Crippen LogP contribution < -0.4 is 5.32 Å². The molecule has 1 saturated heterocycles. The minimum Gasteiger partial charge on any atom is -0.461 e. The van der Waals surface area contributed by atoms with Crippen LogP contribution in [-0.2, 0) is 14.3 Å². The van der Waals surface area contributed by atoms with Crippen molar-refractivity contribution in [3.8, 4) is 0 Å². The second-order valence-corrected chi connectivity index (χ2v) is 3.55. The van der Waals surface area contributed by atoms with Crippen LogP contribution in [0.3, 0.4) is 0 Å². The van der Waals surface area contributed by atoms with E-state index in [0.29, 0.717) is 6.61 Å². The summed E-state index contributed by atoms with van der Waals surface area (Å²) in [4.78, 5) is 21.4. The van der Waals surface area contributed by atoms with Crippen molar-refractivity contribution in [1.29, 1.82) is 0 Å². The van der Waals surface area contributed by atoms with Crippen LogP contribution in [0, 0.1) is 0 Å². The van der Waals surface area contributed by atoms with Crippen molar-refractivity contribution in [3.63, 3.8) is 0 Å². The molecule has 0 aliphatic carbocycles. The fraction of sp³-hybridized carbons (Fsp3) is 0.600. The monoisotopic (exact) mass is 197 g/mol. The van der Waals surface area contributed by atoms with Crippen LogP contribution in [0.4, 0.5) is 0 Å². The number of carbonyl (C=O) groups is 2. The number of esters is 1. The fourth-order valence-electron chi connectivity index (χ4n) is 1.23. The van der Waals surface area contributed by atoms with Crippen molar-refractivity contribution in [2.75, 3.05) is 6.61 Å². The van der Waals surface area contributed by atoms with Gasteiger partial charge in [0.25, 0.3) is 0 Å². The summed E-state index contributed by atoms with van der Waals surface area (Å²) in [5.74, 6) is -0.138. The summed E-state index contributed by atoms with van der Waals surface area (Å²) in [6.45, 7) is 5.14. The third kappa shape index (κ3) is 2.58. The Balaban J connectivity index is 2.38. The first kappa shape index (κ1) is 10.8. The second kappa shape index (κ2) is 4.26. The van der Waals surface area contributed by atoms with Crippen molar-refractivity contribution < 1.29 is 14.3 Å². The van der Waals surface area contributed by atoms with Crippen molar-refractivity contribution in [2.45, 2.75) is 33.2 Å². The van der Waals surface area contributed by atoms with E-state index in [2.05, 4.69) is 5.32 Å². The summed E-state index contributed by atoms with van der Waals surface area (Å²) < 4.78 is 4.83. The Morgan fingerprint density at radius 1 is 1.43 bits per heavy atom. The molecule has 0 amide bonds. The smallest absolute Gasteiger partial charge is 0.302 e. The van der Waals surface area contributed by atoms with Gasteiger partial charge in [0, 0.05) is 19.0 Å². The molecule has 1 rings (SSSR count). The van der Waals surface area contributed by atoms with Gasteiger partial charge in [-0.25, -0.2) is 0 Å². The Labute approximate surface area is 83.3 Å². The molecule has 1 heterocycles. The predicted molar refractivity (Wildman–Crippen MR) is 51.6 cm³/mol. The molecule has 0 aromatic heterocycles. The third-order valence-electron chi connectivity index (χ3n) is 2.25. The first-order valence-electron chi connectivity index (χ1n) is 4.59. The van der Waals surface area contributed by atoms with Crippen LogP contribution in [0.15, 0.2) is 11.3 Å². The van der Waals surface area contributed by atoms with Gasteiger partial charge in [-0.2, -0.15) is 0 Å². The van der Waals surface area contributed by atoms with E-state index < -0.39 is 0 Å². The van der Waals surface area contributed by atoms with Gasteiger partial charge in [-0.3, -0.25) is 9.59 Å². The molecule has 0 saturated carbocycles. The highest BCUT2D eigenvalue weighted by atomic mass is 16.5. The van der Waals surface area contributed by atoms with Crippen LogP contribution in [-0.4, -0.2) is 24.4 Å². The Kier molecular flexibility index (Phi) is 3.28. The third-order valence-corrected chi connectivity index (χ3v) is 2.25. The summed E-state index contributed by atoms with van der Waals surface area (Å²) in [6.07, 6.45) is 0.739. The topological polar surface area (TPSA) is 55.4 Å². The lowest BCUT2D eigenvalue weighted by atomic mass is 9.96. The van der Waals surface area contributed by atoms with Gasteiger partial charge < -0.3 is 10.1 Å². The minimum atomic E-state index is -0.285. The molecule has 4 nitrogen and oxygen atoms in total. The SMILES string of the molecule is CC(=O)OC/C(C)=C1/CC(C(C)=O)N1. The maximum atomic E-state index is 10.9. The molecule has 1 unspecified atom stereocenters. The van der Waals surface area contributed by atoms with Crippen LogP contribution in [0.2, 0.25) is 0 Å². The average Bonchev–Trinajstić information content (AvgIpc) is 1.97. The lowest BCUT2D eigenvalue weighted by Gasteiger charge is -2.31. The lowest BCUT2D eigenvalue weighted by Crippen LogP contribution is -2.46. The van der Waals surface area contributed by atoms with Gasteiger partial charge in [0.2, 0.25) is 0 Å². The number of carbonyl (C=O) groups excluding carboxylic acids is 2. The Morgan fingerprint density at radius 3 is 2.43 bits per heavy atom. The average molecular weight is 197 g/mol. The number of ether oxygens (including phenoxy) is 1. The van der Waals surface area contributed by atoms with E-state index >= 15 is 0 Å². The predicted octanol–water partition coefficient (Wildman–Crippen LogP) is 0.774. The summed E-state index contributed by atoms with van der Waals surface area (Å²) in [7, 11) is 0. The molecule has 0 bridgehead atoms. The van der Waals surface area contributed by atoms with Crippen molar-refractivity contribution in [2.24, 2.45) is 0 Å². The molecule has 1 aliphatic rings. The number of ketones is 1. The summed E-state index contributed by atoms with van der Waals surface area (Å²) >= 11 is 0. The van der Waals surface area contributed by atoms with Gasteiger partial charge in [0.05, 0.1) is 6.04 Å². The van der Waals surface area contributed by atoms with E-state index in [1.165, 1.54) is 6.92 Å². The number of nitrogens with one attached hydrogen (secondary N) is 1. The molecule has 1 aliphatic heterocycles. The lowest BCUT2D eigenvalue weighted by molar-refractivity contribution is -0.140. The second-order valence-electron chi connectivity index (χ2n) is 3.55. The molecule has 0 aromatic rings. The maximum absolute atomic E-state index is 10.9. The van der Waals surface area contributed by atoms with E-state index in [1.54, 1.807) is 6.92 Å². The summed E-state index contributed by atoms with van der Waals surface area (Å²) in [6, 6.07) is -0.0442. The quantitative estimate of drug-likeness (QED) is 0.679. The van der Waals surface area contributed by atoms with E-state index in [1.807, 2.05) is 6.92 Å². The largest absolute Gasteiger partial charge is 0.461 e. The molecular formula is C10H15NO3. The Morgan fingerprint density at radius 2 is 2.00 bits per heavy atom. The fourth-order valence-corrected chi connectivity index (χ4v) is 1.23. The van der Waals surface area contributed by atoms with Crippen molar-refractivity contribution in [1.82, 2.24) is 5.32 Å². The Bertz CT molecular complexity index is 280. The van der Waals surface area contributed by atoms with Gasteiger partial charge in [-0.15, -0.1) is 0 Å². The number of Topliss-reactive ketones (excluding diaryl/α,β-unsaturated/α-hetero) is 1. The first-order valence-corrected chi connectivity index (χ1v) is 4.59. The first-order chi connectivity index (χ1) is 6.50. The molecule has 1 N–H and O–H groups in total. The highest BCUT2D eigenvalue weighted by Gasteiger charge is 2.27. The molecule has 0 aromatic carbocycles.